The van der Waals surface area contributed by atoms with E-state index >= 15 is 0 Å². The largest absolute Gasteiger partial charge is 0.481 e. The van der Waals surface area contributed by atoms with E-state index in [-0.39, 0.29) is 5.91 Å². The van der Waals surface area contributed by atoms with Gasteiger partial charge in [0.25, 0.3) is 5.91 Å². The molecule has 0 heterocycles. The highest BCUT2D eigenvalue weighted by Crippen LogP contribution is 2.21. The first-order valence-electron chi connectivity index (χ1n) is 7.82. The predicted molar refractivity (Wildman–Crippen MR) is 95.3 cm³/mol. The molecule has 0 spiro atoms. The standard InChI is InChI=1S/C19H22ClNO2/c1-4-13(2)15-8-10-17(11-9-15)21-19(22)14(3)23-18-7-5-6-16(20)12-18/h5-14H,4H2,1-3H3,(H,21,22)/t13-,14+/m0/s1. The Bertz CT molecular complexity index is 655. The third-order valence-corrected chi connectivity index (χ3v) is 4.07. The average Bonchev–Trinajstić information content (AvgIpc) is 2.54. The molecule has 0 saturated heterocycles. The third-order valence-electron chi connectivity index (χ3n) is 3.84. The molecule has 2 rings (SSSR count). The molecule has 122 valence electrons. The van der Waals surface area contributed by atoms with E-state index in [1.165, 1.54) is 5.56 Å². The van der Waals surface area contributed by atoms with Crippen molar-refractivity contribution in [2.45, 2.75) is 39.2 Å². The summed E-state index contributed by atoms with van der Waals surface area (Å²) >= 11 is 5.91. The number of amides is 1. The van der Waals surface area contributed by atoms with Gasteiger partial charge in [0.05, 0.1) is 0 Å². The summed E-state index contributed by atoms with van der Waals surface area (Å²) < 4.78 is 5.61. The van der Waals surface area contributed by atoms with Crippen LogP contribution in [0.15, 0.2) is 48.5 Å². The van der Waals surface area contributed by atoms with Gasteiger partial charge in [-0.2, -0.15) is 0 Å². The van der Waals surface area contributed by atoms with Crippen molar-refractivity contribution in [3.63, 3.8) is 0 Å². The number of rotatable bonds is 6. The van der Waals surface area contributed by atoms with E-state index in [4.69, 9.17) is 16.3 Å². The van der Waals surface area contributed by atoms with Gasteiger partial charge < -0.3 is 10.1 Å². The summed E-state index contributed by atoms with van der Waals surface area (Å²) in [5.74, 6) is 0.901. The van der Waals surface area contributed by atoms with Crippen molar-refractivity contribution in [1.29, 1.82) is 0 Å². The second-order valence-electron chi connectivity index (χ2n) is 5.64. The molecule has 2 aromatic carbocycles. The highest BCUT2D eigenvalue weighted by Gasteiger charge is 2.15. The second-order valence-corrected chi connectivity index (χ2v) is 6.07. The van der Waals surface area contributed by atoms with Crippen LogP contribution >= 0.6 is 11.6 Å². The molecule has 2 atom stereocenters. The molecule has 0 aliphatic heterocycles. The Labute approximate surface area is 142 Å². The maximum atomic E-state index is 12.2. The zero-order valence-electron chi connectivity index (χ0n) is 13.7. The van der Waals surface area contributed by atoms with Gasteiger partial charge >= 0.3 is 0 Å². The Morgan fingerprint density at radius 3 is 2.48 bits per heavy atom. The van der Waals surface area contributed by atoms with Gasteiger partial charge in [0.1, 0.15) is 5.75 Å². The molecule has 0 bridgehead atoms. The number of anilines is 1. The number of benzene rings is 2. The van der Waals surface area contributed by atoms with Gasteiger partial charge in [0.2, 0.25) is 0 Å². The van der Waals surface area contributed by atoms with Gasteiger partial charge in [-0.1, -0.05) is 43.6 Å². The molecule has 0 fully saturated rings. The molecule has 0 radical (unpaired) electrons. The van der Waals surface area contributed by atoms with Gasteiger partial charge in [-0.3, -0.25) is 4.79 Å². The molecule has 23 heavy (non-hydrogen) atoms. The highest BCUT2D eigenvalue weighted by molar-refractivity contribution is 6.30. The monoisotopic (exact) mass is 331 g/mol. The minimum Gasteiger partial charge on any atom is -0.481 e. The van der Waals surface area contributed by atoms with Crippen LogP contribution in [0.4, 0.5) is 5.69 Å². The van der Waals surface area contributed by atoms with Crippen molar-refractivity contribution >= 4 is 23.2 Å². The summed E-state index contributed by atoms with van der Waals surface area (Å²) in [5.41, 5.74) is 2.04. The first kappa shape index (κ1) is 17.4. The van der Waals surface area contributed by atoms with Gasteiger partial charge in [-0.15, -0.1) is 0 Å². The minimum absolute atomic E-state index is 0.193. The molecule has 0 unspecified atom stereocenters. The number of ether oxygens (including phenoxy) is 1. The second kappa shape index (κ2) is 8.02. The fraction of sp³-hybridized carbons (Fsp3) is 0.316. The van der Waals surface area contributed by atoms with E-state index in [0.29, 0.717) is 16.7 Å². The van der Waals surface area contributed by atoms with Gasteiger partial charge in [0.15, 0.2) is 6.10 Å². The molecular formula is C19H22ClNO2. The van der Waals surface area contributed by atoms with Crippen LogP contribution in [0.1, 0.15) is 38.7 Å². The summed E-state index contributed by atoms with van der Waals surface area (Å²) in [4.78, 5) is 12.2. The molecule has 0 saturated carbocycles. The van der Waals surface area contributed by atoms with Gasteiger partial charge in [0, 0.05) is 10.7 Å². The Morgan fingerprint density at radius 2 is 1.87 bits per heavy atom. The molecular weight excluding hydrogens is 310 g/mol. The number of hydrogen-bond donors (Lipinski definition) is 1. The Hall–Kier alpha value is -2.00. The lowest BCUT2D eigenvalue weighted by atomic mass is 9.99. The van der Waals surface area contributed by atoms with Crippen LogP contribution in [-0.4, -0.2) is 12.0 Å². The molecule has 0 aromatic heterocycles. The summed E-state index contributed by atoms with van der Waals surface area (Å²) in [6, 6.07) is 15.0. The number of nitrogens with one attached hydrogen (secondary N) is 1. The normalized spacial score (nSPS) is 13.2. The zero-order chi connectivity index (χ0) is 16.8. The lowest BCUT2D eigenvalue weighted by molar-refractivity contribution is -0.122. The van der Waals surface area contributed by atoms with Crippen molar-refractivity contribution in [2.24, 2.45) is 0 Å². The first-order chi connectivity index (χ1) is 11.0. The summed E-state index contributed by atoms with van der Waals surface area (Å²) in [7, 11) is 0. The average molecular weight is 332 g/mol. The van der Waals surface area contributed by atoms with Crippen molar-refractivity contribution in [2.75, 3.05) is 5.32 Å². The number of carbonyl (C=O) groups is 1. The number of carbonyl (C=O) groups excluding carboxylic acids is 1. The van der Waals surface area contributed by atoms with Crippen LogP contribution in [0.25, 0.3) is 0 Å². The summed E-state index contributed by atoms with van der Waals surface area (Å²) in [6.45, 7) is 6.06. The Balaban J connectivity index is 1.95. The number of halogens is 1. The van der Waals surface area contributed by atoms with Crippen LogP contribution in [0.3, 0.4) is 0 Å². The molecule has 2 aromatic rings. The molecule has 0 aliphatic rings. The zero-order valence-corrected chi connectivity index (χ0v) is 14.4. The van der Waals surface area contributed by atoms with E-state index in [0.717, 1.165) is 12.1 Å². The van der Waals surface area contributed by atoms with Crippen molar-refractivity contribution in [3.05, 3.63) is 59.1 Å². The Morgan fingerprint density at radius 1 is 1.17 bits per heavy atom. The van der Waals surface area contributed by atoms with Crippen molar-refractivity contribution in [3.8, 4) is 5.75 Å². The highest BCUT2D eigenvalue weighted by atomic mass is 35.5. The van der Waals surface area contributed by atoms with E-state index < -0.39 is 6.10 Å². The van der Waals surface area contributed by atoms with Crippen molar-refractivity contribution in [1.82, 2.24) is 0 Å². The molecule has 4 heteroatoms. The van der Waals surface area contributed by atoms with E-state index in [2.05, 4.69) is 19.2 Å². The molecule has 3 nitrogen and oxygen atoms in total. The quantitative estimate of drug-likeness (QED) is 0.784. The molecule has 1 N–H and O–H groups in total. The fourth-order valence-electron chi connectivity index (χ4n) is 2.17. The maximum Gasteiger partial charge on any atom is 0.265 e. The van der Waals surface area contributed by atoms with Crippen LogP contribution in [0.5, 0.6) is 5.75 Å². The van der Waals surface area contributed by atoms with Crippen LogP contribution in [-0.2, 0) is 4.79 Å². The minimum atomic E-state index is -0.609. The SMILES string of the molecule is CC[C@H](C)c1ccc(NC(=O)[C@@H](C)Oc2cccc(Cl)c2)cc1. The van der Waals surface area contributed by atoms with Gasteiger partial charge in [-0.05, 0) is 55.2 Å². The van der Waals surface area contributed by atoms with Crippen LogP contribution in [0, 0.1) is 0 Å². The lowest BCUT2D eigenvalue weighted by Gasteiger charge is -2.15. The first-order valence-corrected chi connectivity index (χ1v) is 8.20. The third kappa shape index (κ3) is 5.00. The van der Waals surface area contributed by atoms with E-state index in [1.807, 2.05) is 24.3 Å². The fourth-order valence-corrected chi connectivity index (χ4v) is 2.35. The topological polar surface area (TPSA) is 38.3 Å². The summed E-state index contributed by atoms with van der Waals surface area (Å²) in [6.07, 6.45) is 0.485. The van der Waals surface area contributed by atoms with E-state index in [9.17, 15) is 4.79 Å². The van der Waals surface area contributed by atoms with E-state index in [1.54, 1.807) is 31.2 Å². The molecule has 0 aliphatic carbocycles. The summed E-state index contributed by atoms with van der Waals surface area (Å²) in [5, 5.41) is 3.44. The van der Waals surface area contributed by atoms with Crippen LogP contribution < -0.4 is 10.1 Å². The maximum absolute atomic E-state index is 12.2. The van der Waals surface area contributed by atoms with Crippen molar-refractivity contribution < 1.29 is 9.53 Å². The van der Waals surface area contributed by atoms with Crippen LogP contribution in [0.2, 0.25) is 5.02 Å². The lowest BCUT2D eigenvalue weighted by Crippen LogP contribution is -2.30. The molecule has 1 amide bonds. The smallest absolute Gasteiger partial charge is 0.265 e. The Kier molecular flexibility index (Phi) is 6.05. The van der Waals surface area contributed by atoms with Gasteiger partial charge in [-0.25, -0.2) is 0 Å². The predicted octanol–water partition coefficient (Wildman–Crippen LogP) is 5.26. The number of hydrogen-bond acceptors (Lipinski definition) is 2.